The van der Waals surface area contributed by atoms with Crippen LogP contribution in [0.2, 0.25) is 0 Å². The third-order valence-corrected chi connectivity index (χ3v) is 4.73. The van der Waals surface area contributed by atoms with Crippen molar-refractivity contribution < 1.29 is 4.79 Å². The molecule has 0 atom stereocenters. The Labute approximate surface area is 167 Å². The van der Waals surface area contributed by atoms with E-state index in [0.717, 1.165) is 17.8 Å². The standard InChI is InChI=1S/C25H28N2O/c1-25(2,3)27(24(28)17-16-21-11-6-4-7-12-21)20-23-15-10-18-26(23)19-22-13-8-5-9-14-22/h4-18H,19-20H2,1-3H3. The summed E-state index contributed by atoms with van der Waals surface area (Å²) in [4.78, 5) is 14.9. The predicted molar refractivity (Wildman–Crippen MR) is 116 cm³/mol. The minimum atomic E-state index is -0.278. The summed E-state index contributed by atoms with van der Waals surface area (Å²) in [5.41, 5.74) is 3.12. The van der Waals surface area contributed by atoms with Crippen LogP contribution >= 0.6 is 0 Å². The molecule has 0 fully saturated rings. The summed E-state index contributed by atoms with van der Waals surface area (Å²) in [7, 11) is 0. The first-order valence-electron chi connectivity index (χ1n) is 9.66. The maximum Gasteiger partial charge on any atom is 0.247 e. The van der Waals surface area contributed by atoms with Crippen molar-refractivity contribution in [1.29, 1.82) is 0 Å². The lowest BCUT2D eigenvalue weighted by Crippen LogP contribution is -2.44. The van der Waals surface area contributed by atoms with E-state index >= 15 is 0 Å². The Morgan fingerprint density at radius 1 is 0.929 bits per heavy atom. The largest absolute Gasteiger partial charge is 0.345 e. The van der Waals surface area contributed by atoms with Crippen molar-refractivity contribution in [2.45, 2.75) is 39.4 Å². The maximum absolute atomic E-state index is 13.0. The first kappa shape index (κ1) is 19.7. The van der Waals surface area contributed by atoms with Gasteiger partial charge in [-0.2, -0.15) is 0 Å². The van der Waals surface area contributed by atoms with Crippen molar-refractivity contribution >= 4 is 12.0 Å². The Morgan fingerprint density at radius 3 is 2.21 bits per heavy atom. The first-order valence-corrected chi connectivity index (χ1v) is 9.66. The SMILES string of the molecule is CC(C)(C)N(Cc1cccn1Cc1ccccc1)C(=O)C=Cc1ccccc1. The lowest BCUT2D eigenvalue weighted by Gasteiger charge is -2.35. The summed E-state index contributed by atoms with van der Waals surface area (Å²) < 4.78 is 2.21. The van der Waals surface area contributed by atoms with Crippen molar-refractivity contribution in [3.8, 4) is 0 Å². The molecule has 0 radical (unpaired) electrons. The van der Waals surface area contributed by atoms with Gasteiger partial charge in [0, 0.05) is 30.1 Å². The molecule has 1 amide bonds. The van der Waals surface area contributed by atoms with Crippen molar-refractivity contribution in [2.24, 2.45) is 0 Å². The number of aromatic nitrogens is 1. The van der Waals surface area contributed by atoms with Gasteiger partial charge < -0.3 is 9.47 Å². The molecule has 0 aliphatic heterocycles. The summed E-state index contributed by atoms with van der Waals surface area (Å²) in [5.74, 6) is 0.0174. The molecule has 0 aliphatic carbocycles. The Kier molecular flexibility index (Phi) is 6.15. The maximum atomic E-state index is 13.0. The van der Waals surface area contributed by atoms with Crippen LogP contribution in [-0.2, 0) is 17.9 Å². The minimum Gasteiger partial charge on any atom is -0.345 e. The van der Waals surface area contributed by atoms with Crippen LogP contribution in [0.25, 0.3) is 6.08 Å². The highest BCUT2D eigenvalue weighted by Crippen LogP contribution is 2.20. The zero-order valence-electron chi connectivity index (χ0n) is 16.9. The lowest BCUT2D eigenvalue weighted by atomic mass is 10.0. The second-order valence-electron chi connectivity index (χ2n) is 7.95. The molecule has 144 valence electrons. The molecule has 3 rings (SSSR count). The van der Waals surface area contributed by atoms with Crippen molar-refractivity contribution in [1.82, 2.24) is 9.47 Å². The van der Waals surface area contributed by atoms with E-state index < -0.39 is 0 Å². The summed E-state index contributed by atoms with van der Waals surface area (Å²) in [5, 5.41) is 0. The van der Waals surface area contributed by atoms with E-state index in [4.69, 9.17) is 0 Å². The molecule has 1 heterocycles. The molecule has 0 bridgehead atoms. The number of hydrogen-bond donors (Lipinski definition) is 0. The molecule has 3 nitrogen and oxygen atoms in total. The van der Waals surface area contributed by atoms with E-state index in [1.54, 1.807) is 6.08 Å². The van der Waals surface area contributed by atoms with Crippen molar-refractivity contribution in [3.05, 3.63) is 102 Å². The van der Waals surface area contributed by atoms with Crippen LogP contribution in [-0.4, -0.2) is 20.9 Å². The second kappa shape index (κ2) is 8.75. The quantitative estimate of drug-likeness (QED) is 0.534. The van der Waals surface area contributed by atoms with Gasteiger partial charge in [0.15, 0.2) is 0 Å². The number of nitrogens with zero attached hydrogens (tertiary/aromatic N) is 2. The highest BCUT2D eigenvalue weighted by Gasteiger charge is 2.25. The van der Waals surface area contributed by atoms with Crippen LogP contribution in [0.1, 0.15) is 37.6 Å². The van der Waals surface area contributed by atoms with Crippen LogP contribution in [0.4, 0.5) is 0 Å². The van der Waals surface area contributed by atoms with Gasteiger partial charge in [0.1, 0.15) is 0 Å². The fourth-order valence-corrected chi connectivity index (χ4v) is 3.16. The topological polar surface area (TPSA) is 25.2 Å². The van der Waals surface area contributed by atoms with Gasteiger partial charge in [-0.3, -0.25) is 4.79 Å². The lowest BCUT2D eigenvalue weighted by molar-refractivity contribution is -0.131. The Morgan fingerprint density at radius 2 is 1.57 bits per heavy atom. The predicted octanol–water partition coefficient (Wildman–Crippen LogP) is 5.38. The third-order valence-electron chi connectivity index (χ3n) is 4.73. The van der Waals surface area contributed by atoms with Crippen molar-refractivity contribution in [3.63, 3.8) is 0 Å². The van der Waals surface area contributed by atoms with E-state index in [9.17, 15) is 4.79 Å². The zero-order chi connectivity index (χ0) is 20.0. The highest BCUT2D eigenvalue weighted by atomic mass is 16.2. The second-order valence-corrected chi connectivity index (χ2v) is 7.95. The van der Waals surface area contributed by atoms with Crippen LogP contribution < -0.4 is 0 Å². The van der Waals surface area contributed by atoms with Gasteiger partial charge in [0.05, 0.1) is 6.54 Å². The van der Waals surface area contributed by atoms with Crippen LogP contribution in [0.5, 0.6) is 0 Å². The molecule has 0 unspecified atom stereocenters. The fourth-order valence-electron chi connectivity index (χ4n) is 3.16. The average Bonchev–Trinajstić information content (AvgIpc) is 3.12. The highest BCUT2D eigenvalue weighted by molar-refractivity contribution is 5.92. The fraction of sp³-hybridized carbons (Fsp3) is 0.240. The Bertz CT molecular complexity index is 918. The van der Waals surface area contributed by atoms with Gasteiger partial charge in [0.2, 0.25) is 5.91 Å². The number of rotatable bonds is 6. The van der Waals surface area contributed by atoms with Gasteiger partial charge in [-0.15, -0.1) is 0 Å². The molecule has 28 heavy (non-hydrogen) atoms. The molecule has 0 N–H and O–H groups in total. The molecule has 0 aliphatic rings. The van der Waals surface area contributed by atoms with E-state index in [1.165, 1.54) is 5.56 Å². The van der Waals surface area contributed by atoms with Gasteiger partial charge in [-0.1, -0.05) is 60.7 Å². The average molecular weight is 373 g/mol. The number of benzene rings is 2. The molecule has 1 aromatic heterocycles. The van der Waals surface area contributed by atoms with E-state index in [-0.39, 0.29) is 11.4 Å². The van der Waals surface area contributed by atoms with Gasteiger partial charge in [-0.25, -0.2) is 0 Å². The number of amides is 1. The van der Waals surface area contributed by atoms with E-state index in [0.29, 0.717) is 6.54 Å². The first-order chi connectivity index (χ1) is 13.4. The molecule has 2 aromatic carbocycles. The van der Waals surface area contributed by atoms with Gasteiger partial charge >= 0.3 is 0 Å². The molecule has 0 saturated heterocycles. The number of hydrogen-bond acceptors (Lipinski definition) is 1. The van der Waals surface area contributed by atoms with Crippen molar-refractivity contribution in [2.75, 3.05) is 0 Å². The molecule has 3 aromatic rings. The van der Waals surface area contributed by atoms with Crippen LogP contribution in [0.3, 0.4) is 0 Å². The molecular formula is C25H28N2O. The molecular weight excluding hydrogens is 344 g/mol. The Balaban J connectivity index is 1.78. The van der Waals surface area contributed by atoms with Gasteiger partial charge in [0.25, 0.3) is 0 Å². The smallest absolute Gasteiger partial charge is 0.247 e. The molecule has 0 saturated carbocycles. The summed E-state index contributed by atoms with van der Waals surface area (Å²) >= 11 is 0. The van der Waals surface area contributed by atoms with Gasteiger partial charge in [-0.05, 0) is 50.1 Å². The summed E-state index contributed by atoms with van der Waals surface area (Å²) in [6.45, 7) is 7.60. The third kappa shape index (κ3) is 5.23. The molecule has 3 heteroatoms. The minimum absolute atomic E-state index is 0.0174. The monoisotopic (exact) mass is 372 g/mol. The van der Waals surface area contributed by atoms with Crippen LogP contribution in [0, 0.1) is 0 Å². The summed E-state index contributed by atoms with van der Waals surface area (Å²) in [6, 6.07) is 24.4. The normalized spacial score (nSPS) is 11.7. The zero-order valence-corrected chi connectivity index (χ0v) is 16.9. The Hall–Kier alpha value is -3.07. The summed E-state index contributed by atoms with van der Waals surface area (Å²) in [6.07, 6.45) is 5.63. The van der Waals surface area contributed by atoms with E-state index in [1.807, 2.05) is 53.4 Å². The van der Waals surface area contributed by atoms with E-state index in [2.05, 4.69) is 61.9 Å². The van der Waals surface area contributed by atoms with Crippen LogP contribution in [0.15, 0.2) is 85.1 Å². The number of carbonyl (C=O) groups excluding carboxylic acids is 1. The number of carbonyl (C=O) groups is 1. The molecule has 0 spiro atoms.